The predicted molar refractivity (Wildman–Crippen MR) is 81.5 cm³/mol. The lowest BCUT2D eigenvalue weighted by atomic mass is 10.1. The Morgan fingerprint density at radius 1 is 1.38 bits per heavy atom. The lowest BCUT2D eigenvalue weighted by Crippen LogP contribution is -2.36. The number of rotatable bonds is 9. The Hall–Kier alpha value is -1.66. The molecule has 0 aliphatic carbocycles. The Morgan fingerprint density at radius 3 is 2.52 bits per heavy atom. The molecule has 0 bridgehead atoms. The molecular formula is C15H24N2O4. The molecule has 6 heteroatoms. The maximum atomic E-state index is 10.9. The summed E-state index contributed by atoms with van der Waals surface area (Å²) in [6.45, 7) is 5.33. The van der Waals surface area contributed by atoms with Crippen molar-refractivity contribution < 1.29 is 14.8 Å². The van der Waals surface area contributed by atoms with E-state index in [9.17, 15) is 15.2 Å². The van der Waals surface area contributed by atoms with Crippen LogP contribution in [0.1, 0.15) is 32.3 Å². The van der Waals surface area contributed by atoms with Crippen LogP contribution in [-0.2, 0) is 6.54 Å². The molecule has 0 spiro atoms. The van der Waals surface area contributed by atoms with Crippen molar-refractivity contribution in [1.82, 2.24) is 4.90 Å². The lowest BCUT2D eigenvalue weighted by molar-refractivity contribution is -0.385. The Bertz CT molecular complexity index is 461. The van der Waals surface area contributed by atoms with Gasteiger partial charge in [-0.25, -0.2) is 0 Å². The highest BCUT2D eigenvalue weighted by Crippen LogP contribution is 2.26. The van der Waals surface area contributed by atoms with Crippen molar-refractivity contribution in [1.29, 1.82) is 0 Å². The maximum absolute atomic E-state index is 10.9. The number of aliphatic hydroxyl groups is 1. The molecule has 1 aromatic rings. The van der Waals surface area contributed by atoms with Gasteiger partial charge >= 0.3 is 0 Å². The van der Waals surface area contributed by atoms with Gasteiger partial charge in [-0.1, -0.05) is 13.8 Å². The number of nitro groups is 1. The van der Waals surface area contributed by atoms with Gasteiger partial charge in [0, 0.05) is 36.8 Å². The van der Waals surface area contributed by atoms with Crippen LogP contribution in [0.3, 0.4) is 0 Å². The Labute approximate surface area is 125 Å². The number of hydrogen-bond acceptors (Lipinski definition) is 5. The predicted octanol–water partition coefficient (Wildman–Crippen LogP) is 2.59. The number of nitrogens with zero attached hydrogens (tertiary/aromatic N) is 2. The number of aliphatic hydroxyl groups excluding tert-OH is 1. The summed E-state index contributed by atoms with van der Waals surface area (Å²) in [4.78, 5) is 12.7. The normalized spacial score (nSPS) is 11.1. The van der Waals surface area contributed by atoms with E-state index in [0.29, 0.717) is 24.9 Å². The minimum Gasteiger partial charge on any atom is -0.496 e. The molecule has 118 valence electrons. The van der Waals surface area contributed by atoms with Gasteiger partial charge in [0.25, 0.3) is 5.69 Å². The first-order chi connectivity index (χ1) is 10.1. The second kappa shape index (κ2) is 8.59. The van der Waals surface area contributed by atoms with Crippen molar-refractivity contribution in [2.75, 3.05) is 20.3 Å². The van der Waals surface area contributed by atoms with E-state index in [2.05, 4.69) is 18.7 Å². The summed E-state index contributed by atoms with van der Waals surface area (Å²) in [6, 6.07) is 4.94. The van der Waals surface area contributed by atoms with Crippen molar-refractivity contribution in [3.05, 3.63) is 33.9 Å². The molecule has 0 amide bonds. The van der Waals surface area contributed by atoms with Gasteiger partial charge in [-0.2, -0.15) is 0 Å². The van der Waals surface area contributed by atoms with Gasteiger partial charge in [0.2, 0.25) is 0 Å². The maximum Gasteiger partial charge on any atom is 0.270 e. The Balaban J connectivity index is 3.05. The molecule has 0 saturated heterocycles. The van der Waals surface area contributed by atoms with Crippen LogP contribution in [0, 0.1) is 10.1 Å². The summed E-state index contributed by atoms with van der Waals surface area (Å²) in [5, 5.41) is 20.2. The van der Waals surface area contributed by atoms with Crippen LogP contribution in [0.2, 0.25) is 0 Å². The molecule has 1 N–H and O–H groups in total. The van der Waals surface area contributed by atoms with Crippen molar-refractivity contribution in [2.45, 2.75) is 39.3 Å². The molecule has 21 heavy (non-hydrogen) atoms. The SMILES string of the molecule is CCC(CC)N(CCO)Cc1cc([N+](=O)[O-])ccc1OC. The van der Waals surface area contributed by atoms with Crippen LogP contribution >= 0.6 is 0 Å². The molecule has 0 saturated carbocycles. The van der Waals surface area contributed by atoms with Gasteiger partial charge in [-0.15, -0.1) is 0 Å². The van der Waals surface area contributed by atoms with E-state index >= 15 is 0 Å². The standard InChI is InChI=1S/C15H24N2O4/c1-4-13(5-2)16(8-9-18)11-12-10-14(17(19)20)6-7-15(12)21-3/h6-7,10,13,18H,4-5,8-9,11H2,1-3H3. The van der Waals surface area contributed by atoms with E-state index in [-0.39, 0.29) is 12.3 Å². The molecule has 0 atom stereocenters. The smallest absolute Gasteiger partial charge is 0.270 e. The first kappa shape index (κ1) is 17.4. The molecule has 6 nitrogen and oxygen atoms in total. The van der Waals surface area contributed by atoms with Crippen molar-refractivity contribution >= 4 is 5.69 Å². The average molecular weight is 296 g/mol. The molecule has 1 aromatic carbocycles. The highest BCUT2D eigenvalue weighted by molar-refractivity contribution is 5.43. The average Bonchev–Trinajstić information content (AvgIpc) is 2.48. The van der Waals surface area contributed by atoms with Gasteiger partial charge in [0.05, 0.1) is 18.6 Å². The van der Waals surface area contributed by atoms with E-state index in [4.69, 9.17) is 4.74 Å². The monoisotopic (exact) mass is 296 g/mol. The molecule has 0 aromatic heterocycles. The van der Waals surface area contributed by atoms with Crippen LogP contribution < -0.4 is 4.74 Å². The Morgan fingerprint density at radius 2 is 2.05 bits per heavy atom. The van der Waals surface area contributed by atoms with E-state index in [1.54, 1.807) is 19.2 Å². The number of non-ortho nitro benzene ring substituents is 1. The largest absolute Gasteiger partial charge is 0.496 e. The van der Waals surface area contributed by atoms with Crippen LogP contribution in [-0.4, -0.2) is 41.2 Å². The minimum absolute atomic E-state index is 0.0549. The zero-order valence-corrected chi connectivity index (χ0v) is 12.9. The van der Waals surface area contributed by atoms with Crippen LogP contribution in [0.25, 0.3) is 0 Å². The van der Waals surface area contributed by atoms with Gasteiger partial charge in [0.15, 0.2) is 0 Å². The molecule has 0 unspecified atom stereocenters. The fourth-order valence-corrected chi connectivity index (χ4v) is 2.55. The van der Waals surface area contributed by atoms with E-state index in [1.807, 2.05) is 0 Å². The highest BCUT2D eigenvalue weighted by atomic mass is 16.6. The van der Waals surface area contributed by atoms with Gasteiger partial charge < -0.3 is 9.84 Å². The van der Waals surface area contributed by atoms with E-state index in [1.165, 1.54) is 6.07 Å². The molecule has 1 rings (SSSR count). The fourth-order valence-electron chi connectivity index (χ4n) is 2.55. The van der Waals surface area contributed by atoms with Gasteiger partial charge in [0.1, 0.15) is 5.75 Å². The third kappa shape index (κ3) is 4.68. The molecular weight excluding hydrogens is 272 g/mol. The molecule has 0 aliphatic rings. The molecule has 0 fully saturated rings. The van der Waals surface area contributed by atoms with Crippen LogP contribution in [0.4, 0.5) is 5.69 Å². The van der Waals surface area contributed by atoms with Crippen LogP contribution in [0.5, 0.6) is 5.75 Å². The highest BCUT2D eigenvalue weighted by Gasteiger charge is 2.19. The fraction of sp³-hybridized carbons (Fsp3) is 0.600. The van der Waals surface area contributed by atoms with Gasteiger partial charge in [-0.05, 0) is 18.9 Å². The zero-order chi connectivity index (χ0) is 15.8. The van der Waals surface area contributed by atoms with E-state index in [0.717, 1.165) is 18.4 Å². The summed E-state index contributed by atoms with van der Waals surface area (Å²) in [7, 11) is 1.55. The van der Waals surface area contributed by atoms with Crippen molar-refractivity contribution in [2.24, 2.45) is 0 Å². The molecule has 0 heterocycles. The summed E-state index contributed by atoms with van der Waals surface area (Å²) in [5.74, 6) is 0.634. The molecule has 0 radical (unpaired) electrons. The minimum atomic E-state index is -0.406. The topological polar surface area (TPSA) is 75.8 Å². The number of nitro benzene ring substituents is 1. The number of hydrogen-bond donors (Lipinski definition) is 1. The number of methoxy groups -OCH3 is 1. The second-order valence-corrected chi connectivity index (χ2v) is 4.92. The quantitative estimate of drug-likeness (QED) is 0.560. The summed E-state index contributed by atoms with van der Waals surface area (Å²) >= 11 is 0. The molecule has 0 aliphatic heterocycles. The van der Waals surface area contributed by atoms with Gasteiger partial charge in [-0.3, -0.25) is 15.0 Å². The van der Waals surface area contributed by atoms with Crippen LogP contribution in [0.15, 0.2) is 18.2 Å². The van der Waals surface area contributed by atoms with Crippen molar-refractivity contribution in [3.63, 3.8) is 0 Å². The summed E-state index contributed by atoms with van der Waals surface area (Å²) in [5.41, 5.74) is 0.825. The zero-order valence-electron chi connectivity index (χ0n) is 12.9. The Kier molecular flexibility index (Phi) is 7.11. The number of ether oxygens (including phenoxy) is 1. The lowest BCUT2D eigenvalue weighted by Gasteiger charge is -2.30. The van der Waals surface area contributed by atoms with Crippen molar-refractivity contribution in [3.8, 4) is 5.75 Å². The first-order valence-corrected chi connectivity index (χ1v) is 7.23. The third-order valence-corrected chi connectivity index (χ3v) is 3.69. The van der Waals surface area contributed by atoms with E-state index < -0.39 is 4.92 Å². The summed E-state index contributed by atoms with van der Waals surface area (Å²) in [6.07, 6.45) is 1.93. The second-order valence-electron chi connectivity index (χ2n) is 4.92. The summed E-state index contributed by atoms with van der Waals surface area (Å²) < 4.78 is 5.29. The number of benzene rings is 1. The third-order valence-electron chi connectivity index (χ3n) is 3.69. The first-order valence-electron chi connectivity index (χ1n) is 7.23.